The number of halogens is 1. The largest absolute Gasteiger partial charge is 0.306 e. The number of nitrogens with zero attached hydrogens (tertiary/aromatic N) is 4. The minimum absolute atomic E-state index is 0.258. The average Bonchev–Trinajstić information content (AvgIpc) is 3.35. The summed E-state index contributed by atoms with van der Waals surface area (Å²) in [5.74, 6) is -0.258. The van der Waals surface area contributed by atoms with Crippen LogP contribution in [0.3, 0.4) is 0 Å². The first kappa shape index (κ1) is 16.2. The Bertz CT molecular complexity index is 1010. The highest BCUT2D eigenvalue weighted by Gasteiger charge is 2.04. The SMILES string of the molecule is Fc1ccc(-c2csc(N/N=C/c3ccc(-n4ccnc4)cc3)n2)cc1. The van der Waals surface area contributed by atoms with Gasteiger partial charge in [0, 0.05) is 29.0 Å². The monoisotopic (exact) mass is 363 g/mol. The molecule has 1 N–H and O–H groups in total. The normalized spacial score (nSPS) is 11.1. The second kappa shape index (κ2) is 7.28. The Morgan fingerprint density at radius 1 is 1.08 bits per heavy atom. The molecule has 7 heteroatoms. The number of anilines is 1. The zero-order chi connectivity index (χ0) is 17.8. The maximum absolute atomic E-state index is 13.0. The summed E-state index contributed by atoms with van der Waals surface area (Å²) in [7, 11) is 0. The number of thiazole rings is 1. The van der Waals surface area contributed by atoms with Crippen LogP contribution in [0.15, 0.2) is 77.7 Å². The molecule has 4 rings (SSSR count). The van der Waals surface area contributed by atoms with E-state index in [9.17, 15) is 4.39 Å². The molecular weight excluding hydrogens is 349 g/mol. The maximum atomic E-state index is 13.0. The molecular formula is C19H14FN5S. The second-order valence-electron chi connectivity index (χ2n) is 5.48. The van der Waals surface area contributed by atoms with E-state index in [-0.39, 0.29) is 5.82 Å². The lowest BCUT2D eigenvalue weighted by Gasteiger charge is -2.01. The number of imidazole rings is 1. The number of rotatable bonds is 5. The van der Waals surface area contributed by atoms with E-state index in [1.807, 2.05) is 40.4 Å². The van der Waals surface area contributed by atoms with Gasteiger partial charge >= 0.3 is 0 Å². The quantitative estimate of drug-likeness (QED) is 0.417. The van der Waals surface area contributed by atoms with Crippen molar-refractivity contribution in [3.63, 3.8) is 0 Å². The van der Waals surface area contributed by atoms with Gasteiger partial charge in [0.1, 0.15) is 5.82 Å². The van der Waals surface area contributed by atoms with Gasteiger partial charge in [-0.2, -0.15) is 5.10 Å². The van der Waals surface area contributed by atoms with Crippen molar-refractivity contribution in [2.24, 2.45) is 5.10 Å². The van der Waals surface area contributed by atoms with Gasteiger partial charge in [-0.25, -0.2) is 14.4 Å². The van der Waals surface area contributed by atoms with Crippen LogP contribution in [0.1, 0.15) is 5.56 Å². The van der Waals surface area contributed by atoms with Crippen LogP contribution in [0.5, 0.6) is 0 Å². The van der Waals surface area contributed by atoms with Gasteiger partial charge in [-0.3, -0.25) is 5.43 Å². The Morgan fingerprint density at radius 2 is 1.88 bits per heavy atom. The number of benzene rings is 2. The van der Waals surface area contributed by atoms with E-state index < -0.39 is 0 Å². The summed E-state index contributed by atoms with van der Waals surface area (Å²) >= 11 is 1.44. The van der Waals surface area contributed by atoms with E-state index >= 15 is 0 Å². The summed E-state index contributed by atoms with van der Waals surface area (Å²) in [6.07, 6.45) is 7.13. The molecule has 0 saturated carbocycles. The van der Waals surface area contributed by atoms with Crippen molar-refractivity contribution in [3.8, 4) is 16.9 Å². The van der Waals surface area contributed by atoms with Crippen LogP contribution in [0.25, 0.3) is 16.9 Å². The van der Waals surface area contributed by atoms with Crippen LogP contribution in [-0.2, 0) is 0 Å². The van der Waals surface area contributed by atoms with Gasteiger partial charge in [-0.15, -0.1) is 11.3 Å². The number of hydrogen-bond donors (Lipinski definition) is 1. The van der Waals surface area contributed by atoms with Gasteiger partial charge in [-0.05, 0) is 42.0 Å². The second-order valence-corrected chi connectivity index (χ2v) is 6.33. The molecule has 0 unspecified atom stereocenters. The van der Waals surface area contributed by atoms with Crippen molar-refractivity contribution in [2.45, 2.75) is 0 Å². The van der Waals surface area contributed by atoms with Crippen LogP contribution >= 0.6 is 11.3 Å². The molecule has 0 aliphatic heterocycles. The number of hydrogen-bond acceptors (Lipinski definition) is 5. The van der Waals surface area contributed by atoms with E-state index in [0.717, 1.165) is 22.5 Å². The minimum atomic E-state index is -0.258. The third-order valence-corrected chi connectivity index (χ3v) is 4.46. The Balaban J connectivity index is 1.40. The number of aromatic nitrogens is 3. The van der Waals surface area contributed by atoms with E-state index in [0.29, 0.717) is 5.13 Å². The van der Waals surface area contributed by atoms with Crippen molar-refractivity contribution in [3.05, 3.63) is 84.0 Å². The number of hydrazone groups is 1. The molecule has 0 spiro atoms. The average molecular weight is 363 g/mol. The van der Waals surface area contributed by atoms with Gasteiger partial charge in [-0.1, -0.05) is 12.1 Å². The Kier molecular flexibility index (Phi) is 4.53. The molecule has 0 aliphatic rings. The van der Waals surface area contributed by atoms with Crippen LogP contribution in [0.2, 0.25) is 0 Å². The molecule has 4 aromatic rings. The lowest BCUT2D eigenvalue weighted by molar-refractivity contribution is 0.628. The highest BCUT2D eigenvalue weighted by molar-refractivity contribution is 7.14. The molecule has 0 saturated heterocycles. The predicted molar refractivity (Wildman–Crippen MR) is 102 cm³/mol. The van der Waals surface area contributed by atoms with E-state index in [2.05, 4.69) is 20.5 Å². The molecule has 5 nitrogen and oxygen atoms in total. The lowest BCUT2D eigenvalue weighted by atomic mass is 10.2. The van der Waals surface area contributed by atoms with Crippen LogP contribution in [-0.4, -0.2) is 20.7 Å². The molecule has 0 atom stereocenters. The van der Waals surface area contributed by atoms with Crippen LogP contribution in [0.4, 0.5) is 9.52 Å². The molecule has 128 valence electrons. The number of nitrogens with one attached hydrogen (secondary N) is 1. The molecule has 0 radical (unpaired) electrons. The van der Waals surface area contributed by atoms with Crippen LogP contribution in [0, 0.1) is 5.82 Å². The molecule has 0 bridgehead atoms. The summed E-state index contributed by atoms with van der Waals surface area (Å²) in [6, 6.07) is 14.2. The van der Waals surface area contributed by atoms with Crippen molar-refractivity contribution in [1.29, 1.82) is 0 Å². The Labute approximate surface area is 153 Å². The maximum Gasteiger partial charge on any atom is 0.203 e. The standard InChI is InChI=1S/C19H14FN5S/c20-16-5-3-15(4-6-16)18-12-26-19(23-18)24-22-11-14-1-7-17(8-2-14)25-10-9-21-13-25/h1-13H,(H,23,24)/b22-11+. The summed E-state index contributed by atoms with van der Waals surface area (Å²) in [5.41, 5.74) is 6.59. The van der Waals surface area contributed by atoms with Gasteiger partial charge in [0.05, 0.1) is 18.2 Å². The van der Waals surface area contributed by atoms with Crippen molar-refractivity contribution in [2.75, 3.05) is 5.43 Å². The molecule has 0 amide bonds. The summed E-state index contributed by atoms with van der Waals surface area (Å²) < 4.78 is 14.9. The predicted octanol–water partition coefficient (Wildman–Crippen LogP) is 4.58. The summed E-state index contributed by atoms with van der Waals surface area (Å²) in [6.45, 7) is 0. The molecule has 2 heterocycles. The summed E-state index contributed by atoms with van der Waals surface area (Å²) in [5, 5.41) is 6.80. The Hall–Kier alpha value is -3.32. The molecule has 2 aromatic carbocycles. The molecule has 0 aliphatic carbocycles. The van der Waals surface area contributed by atoms with Gasteiger partial charge in [0.2, 0.25) is 5.13 Å². The smallest absolute Gasteiger partial charge is 0.203 e. The van der Waals surface area contributed by atoms with Crippen molar-refractivity contribution < 1.29 is 4.39 Å². The third kappa shape index (κ3) is 3.68. The first-order chi connectivity index (χ1) is 12.8. The zero-order valence-corrected chi connectivity index (χ0v) is 14.4. The van der Waals surface area contributed by atoms with E-state index in [4.69, 9.17) is 0 Å². The molecule has 26 heavy (non-hydrogen) atoms. The third-order valence-electron chi connectivity index (χ3n) is 3.71. The fraction of sp³-hybridized carbons (Fsp3) is 0. The van der Waals surface area contributed by atoms with Crippen molar-refractivity contribution in [1.82, 2.24) is 14.5 Å². The molecule has 0 fully saturated rings. The van der Waals surface area contributed by atoms with Gasteiger partial charge in [0.25, 0.3) is 0 Å². The van der Waals surface area contributed by atoms with E-state index in [1.54, 1.807) is 30.9 Å². The minimum Gasteiger partial charge on any atom is -0.306 e. The summed E-state index contributed by atoms with van der Waals surface area (Å²) in [4.78, 5) is 8.48. The lowest BCUT2D eigenvalue weighted by Crippen LogP contribution is -1.92. The Morgan fingerprint density at radius 3 is 2.62 bits per heavy atom. The molecule has 2 aromatic heterocycles. The van der Waals surface area contributed by atoms with Gasteiger partial charge < -0.3 is 4.57 Å². The highest BCUT2D eigenvalue weighted by Crippen LogP contribution is 2.24. The first-order valence-electron chi connectivity index (χ1n) is 7.87. The van der Waals surface area contributed by atoms with E-state index in [1.165, 1.54) is 23.5 Å². The zero-order valence-electron chi connectivity index (χ0n) is 13.6. The van der Waals surface area contributed by atoms with Gasteiger partial charge in [0.15, 0.2) is 0 Å². The topological polar surface area (TPSA) is 55.1 Å². The van der Waals surface area contributed by atoms with Crippen molar-refractivity contribution >= 4 is 22.7 Å². The highest BCUT2D eigenvalue weighted by atomic mass is 32.1. The first-order valence-corrected chi connectivity index (χ1v) is 8.75. The fourth-order valence-electron chi connectivity index (χ4n) is 2.38. The van der Waals surface area contributed by atoms with Crippen LogP contribution < -0.4 is 5.43 Å². The fourth-order valence-corrected chi connectivity index (χ4v) is 3.05.